The van der Waals surface area contributed by atoms with Gasteiger partial charge >= 0.3 is 5.97 Å². The summed E-state index contributed by atoms with van der Waals surface area (Å²) in [5, 5.41) is 13.5. The van der Waals surface area contributed by atoms with Gasteiger partial charge in [-0.05, 0) is 20.8 Å². The van der Waals surface area contributed by atoms with Crippen molar-refractivity contribution >= 4 is 5.97 Å². The van der Waals surface area contributed by atoms with Crippen LogP contribution in [-0.2, 0) is 9.63 Å². The number of nitrogens with zero attached hydrogens (tertiary/aromatic N) is 1. The first kappa shape index (κ1) is 11.4. The van der Waals surface area contributed by atoms with Crippen molar-refractivity contribution in [1.29, 1.82) is 0 Å². The van der Waals surface area contributed by atoms with Crippen molar-refractivity contribution in [2.75, 3.05) is 19.6 Å². The predicted octanol–water partition coefficient (Wildman–Crippen LogP) is 0.0749. The number of hydrogen-bond acceptors (Lipinski definition) is 4. The van der Waals surface area contributed by atoms with Crippen LogP contribution in [0.25, 0.3) is 0 Å². The number of aliphatic carboxylic acids is 1. The molecule has 1 atom stereocenters. The van der Waals surface area contributed by atoms with E-state index in [1.165, 1.54) is 0 Å². The Bertz CT molecular complexity index is 213. The summed E-state index contributed by atoms with van der Waals surface area (Å²) >= 11 is 0. The molecule has 0 aromatic rings. The summed E-state index contributed by atoms with van der Waals surface area (Å²) in [5.41, 5.74) is -0.342. The number of hydrogen-bond donors (Lipinski definition) is 2. The van der Waals surface area contributed by atoms with Crippen LogP contribution in [0.1, 0.15) is 20.8 Å². The summed E-state index contributed by atoms with van der Waals surface area (Å²) in [4.78, 5) is 16.5. The van der Waals surface area contributed by atoms with Gasteiger partial charge in [0.2, 0.25) is 0 Å². The molecule has 0 saturated carbocycles. The van der Waals surface area contributed by atoms with Gasteiger partial charge in [0.15, 0.2) is 0 Å². The highest BCUT2D eigenvalue weighted by molar-refractivity contribution is 5.73. The van der Waals surface area contributed by atoms with Crippen LogP contribution >= 0.6 is 0 Å². The summed E-state index contributed by atoms with van der Waals surface area (Å²) in [5.74, 6) is -0.846. The first-order chi connectivity index (χ1) is 6.40. The smallest absolute Gasteiger partial charge is 0.324 e. The van der Waals surface area contributed by atoms with E-state index in [4.69, 9.17) is 9.94 Å². The molecular formula is C9H18N2O3. The lowest BCUT2D eigenvalue weighted by molar-refractivity contribution is -0.254. The fourth-order valence-corrected chi connectivity index (χ4v) is 1.36. The molecule has 0 amide bonds. The average Bonchev–Trinajstić information content (AvgIpc) is 2.01. The van der Waals surface area contributed by atoms with Crippen LogP contribution in [0.3, 0.4) is 0 Å². The maximum Gasteiger partial charge on any atom is 0.324 e. The van der Waals surface area contributed by atoms with Crippen LogP contribution in [-0.4, -0.2) is 47.4 Å². The fourth-order valence-electron chi connectivity index (χ4n) is 1.36. The van der Waals surface area contributed by atoms with E-state index in [1.807, 2.05) is 20.8 Å². The molecule has 1 unspecified atom stereocenters. The number of carboxylic acid groups (broad SMARTS) is 1. The van der Waals surface area contributed by atoms with E-state index in [-0.39, 0.29) is 5.60 Å². The Morgan fingerprint density at radius 2 is 2.21 bits per heavy atom. The molecule has 2 N–H and O–H groups in total. The van der Waals surface area contributed by atoms with Gasteiger partial charge in [-0.25, -0.2) is 0 Å². The molecule has 1 saturated heterocycles. The average molecular weight is 202 g/mol. The van der Waals surface area contributed by atoms with E-state index in [0.29, 0.717) is 13.1 Å². The maximum absolute atomic E-state index is 10.9. The molecule has 0 bridgehead atoms. The van der Waals surface area contributed by atoms with Crippen LogP contribution in [0.4, 0.5) is 0 Å². The summed E-state index contributed by atoms with van der Waals surface area (Å²) in [7, 11) is 0. The van der Waals surface area contributed by atoms with Crippen molar-refractivity contribution in [3.8, 4) is 0 Å². The third kappa shape index (κ3) is 3.25. The summed E-state index contributed by atoms with van der Waals surface area (Å²) in [6.07, 6.45) is 0. The molecule has 5 heteroatoms. The highest BCUT2D eigenvalue weighted by atomic mass is 16.7. The Labute approximate surface area is 84.0 Å². The molecule has 1 heterocycles. The van der Waals surface area contributed by atoms with Gasteiger partial charge in [-0.15, -0.1) is 0 Å². The minimum atomic E-state index is -0.846. The second-order valence-corrected chi connectivity index (χ2v) is 4.40. The third-order valence-electron chi connectivity index (χ3n) is 1.87. The van der Waals surface area contributed by atoms with Crippen molar-refractivity contribution in [2.24, 2.45) is 0 Å². The lowest BCUT2D eigenvalue weighted by atomic mass is 10.2. The van der Waals surface area contributed by atoms with Crippen LogP contribution in [0, 0.1) is 0 Å². The van der Waals surface area contributed by atoms with E-state index < -0.39 is 12.0 Å². The van der Waals surface area contributed by atoms with E-state index in [0.717, 1.165) is 6.54 Å². The molecule has 0 spiro atoms. The van der Waals surface area contributed by atoms with Crippen LogP contribution in [0.15, 0.2) is 0 Å². The molecule has 0 aromatic carbocycles. The monoisotopic (exact) mass is 202 g/mol. The predicted molar refractivity (Wildman–Crippen MR) is 51.8 cm³/mol. The zero-order valence-electron chi connectivity index (χ0n) is 8.91. The molecule has 1 rings (SSSR count). The lowest BCUT2D eigenvalue weighted by Gasteiger charge is -2.36. The zero-order valence-corrected chi connectivity index (χ0v) is 8.91. The molecule has 1 fully saturated rings. The lowest BCUT2D eigenvalue weighted by Crippen LogP contribution is -2.56. The first-order valence-electron chi connectivity index (χ1n) is 4.79. The number of hydroxylamine groups is 2. The Kier molecular flexibility index (Phi) is 3.47. The molecule has 0 radical (unpaired) electrons. The molecule has 14 heavy (non-hydrogen) atoms. The van der Waals surface area contributed by atoms with Gasteiger partial charge in [-0.1, -0.05) is 0 Å². The number of carbonyl (C=O) groups is 1. The van der Waals surface area contributed by atoms with Gasteiger partial charge in [0.25, 0.3) is 0 Å². The van der Waals surface area contributed by atoms with Gasteiger partial charge in [0.1, 0.15) is 6.04 Å². The second kappa shape index (κ2) is 4.25. The first-order valence-corrected chi connectivity index (χ1v) is 4.79. The van der Waals surface area contributed by atoms with Crippen molar-refractivity contribution in [3.05, 3.63) is 0 Å². The van der Waals surface area contributed by atoms with Crippen molar-refractivity contribution < 1.29 is 14.7 Å². The summed E-state index contributed by atoms with van der Waals surface area (Å²) in [6, 6.07) is -0.581. The molecular weight excluding hydrogens is 184 g/mol. The van der Waals surface area contributed by atoms with Gasteiger partial charge in [0, 0.05) is 19.6 Å². The molecule has 1 aliphatic rings. The minimum Gasteiger partial charge on any atom is -0.480 e. The van der Waals surface area contributed by atoms with E-state index in [1.54, 1.807) is 5.06 Å². The van der Waals surface area contributed by atoms with Gasteiger partial charge < -0.3 is 10.4 Å². The molecule has 5 nitrogen and oxygen atoms in total. The third-order valence-corrected chi connectivity index (χ3v) is 1.87. The number of carboxylic acids is 1. The fraction of sp³-hybridized carbons (Fsp3) is 0.889. The topological polar surface area (TPSA) is 61.8 Å². The van der Waals surface area contributed by atoms with E-state index in [9.17, 15) is 4.79 Å². The Morgan fingerprint density at radius 1 is 1.57 bits per heavy atom. The van der Waals surface area contributed by atoms with E-state index in [2.05, 4.69) is 5.32 Å². The highest BCUT2D eigenvalue weighted by Crippen LogP contribution is 2.14. The van der Waals surface area contributed by atoms with Gasteiger partial charge in [-0.2, -0.15) is 5.06 Å². The zero-order chi connectivity index (χ0) is 10.8. The number of piperazine rings is 1. The summed E-state index contributed by atoms with van der Waals surface area (Å²) in [6.45, 7) is 7.54. The van der Waals surface area contributed by atoms with Crippen molar-refractivity contribution in [3.63, 3.8) is 0 Å². The normalized spacial score (nSPS) is 24.9. The van der Waals surface area contributed by atoms with E-state index >= 15 is 0 Å². The largest absolute Gasteiger partial charge is 0.480 e. The van der Waals surface area contributed by atoms with Gasteiger partial charge in [0.05, 0.1) is 5.60 Å². The Hall–Kier alpha value is -0.650. The quantitative estimate of drug-likeness (QED) is 0.663. The molecule has 1 aliphatic heterocycles. The standard InChI is InChI=1S/C9H18N2O3/c1-9(2,3)14-11-5-4-10-6-7(11)8(12)13/h7,10H,4-6H2,1-3H3,(H,12,13). The molecule has 0 aliphatic carbocycles. The van der Waals surface area contributed by atoms with Crippen LogP contribution in [0.5, 0.6) is 0 Å². The summed E-state index contributed by atoms with van der Waals surface area (Å²) < 4.78 is 0. The molecule has 82 valence electrons. The SMILES string of the molecule is CC(C)(C)ON1CCNCC1C(=O)O. The van der Waals surface area contributed by atoms with Crippen LogP contribution in [0.2, 0.25) is 0 Å². The maximum atomic E-state index is 10.9. The number of nitrogens with one attached hydrogen (secondary N) is 1. The second-order valence-electron chi connectivity index (χ2n) is 4.40. The number of rotatable bonds is 2. The van der Waals surface area contributed by atoms with Crippen molar-refractivity contribution in [2.45, 2.75) is 32.4 Å². The van der Waals surface area contributed by atoms with Crippen LogP contribution < -0.4 is 5.32 Å². The van der Waals surface area contributed by atoms with Crippen molar-refractivity contribution in [1.82, 2.24) is 10.4 Å². The Balaban J connectivity index is 2.59. The molecule has 0 aromatic heterocycles. The minimum absolute atomic E-state index is 0.342. The highest BCUT2D eigenvalue weighted by Gasteiger charge is 2.31. The van der Waals surface area contributed by atoms with Gasteiger partial charge in [-0.3, -0.25) is 9.63 Å². The Morgan fingerprint density at radius 3 is 2.71 bits per heavy atom.